The number of hydrogen-bond donors (Lipinski definition) is 2. The first-order chi connectivity index (χ1) is 9.11. The molecule has 0 radical (unpaired) electrons. The highest BCUT2D eigenvalue weighted by atomic mass is 32.2. The number of nitrogens with two attached hydrogens (primary N) is 1. The zero-order chi connectivity index (χ0) is 13.8. The number of nitrogen functional groups attached to an aromatic ring is 1. The second kappa shape index (κ2) is 5.75. The lowest BCUT2D eigenvalue weighted by Gasteiger charge is -2.09. The van der Waals surface area contributed by atoms with Gasteiger partial charge in [-0.1, -0.05) is 12.1 Å². The van der Waals surface area contributed by atoms with Crippen molar-refractivity contribution in [3.05, 3.63) is 53.8 Å². The van der Waals surface area contributed by atoms with E-state index in [0.717, 1.165) is 4.90 Å². The molecule has 0 atom stereocenters. The van der Waals surface area contributed by atoms with Gasteiger partial charge in [-0.05, 0) is 36.6 Å². The van der Waals surface area contributed by atoms with Crippen LogP contribution in [0.2, 0.25) is 0 Å². The quantitative estimate of drug-likeness (QED) is 0.667. The molecular weight excluding hydrogens is 263 g/mol. The fraction of sp³-hybridized carbons (Fsp3) is 0.0714. The van der Waals surface area contributed by atoms with Crippen molar-refractivity contribution in [3.8, 4) is 0 Å². The minimum atomic E-state index is -0.545. The van der Waals surface area contributed by atoms with Gasteiger partial charge in [-0.2, -0.15) is 0 Å². The summed E-state index contributed by atoms with van der Waals surface area (Å²) in [5, 5.41) is 2.65. The minimum Gasteiger partial charge on any atom is -0.396 e. The van der Waals surface area contributed by atoms with Crippen LogP contribution in [0.15, 0.2) is 47.4 Å². The van der Waals surface area contributed by atoms with E-state index in [1.54, 1.807) is 18.2 Å². The molecule has 0 fully saturated rings. The minimum absolute atomic E-state index is 0.0579. The highest BCUT2D eigenvalue weighted by Gasteiger charge is 2.11. The number of carbonyl (C=O) groups is 1. The lowest BCUT2D eigenvalue weighted by molar-refractivity contribution is 0.102. The van der Waals surface area contributed by atoms with Crippen LogP contribution < -0.4 is 11.1 Å². The summed E-state index contributed by atoms with van der Waals surface area (Å²) >= 11 is 1.49. The second-order valence-electron chi connectivity index (χ2n) is 3.89. The van der Waals surface area contributed by atoms with Gasteiger partial charge in [0, 0.05) is 10.6 Å². The summed E-state index contributed by atoms with van der Waals surface area (Å²) in [6.45, 7) is 0. The van der Waals surface area contributed by atoms with E-state index in [1.165, 1.54) is 23.9 Å². The van der Waals surface area contributed by atoms with E-state index in [4.69, 9.17) is 5.73 Å². The lowest BCUT2D eigenvalue weighted by atomic mass is 10.2. The van der Waals surface area contributed by atoms with Crippen LogP contribution in [0.25, 0.3) is 0 Å². The molecule has 0 aliphatic heterocycles. The number of amides is 1. The number of carbonyl (C=O) groups excluding carboxylic acids is 1. The number of benzene rings is 2. The van der Waals surface area contributed by atoms with Gasteiger partial charge in [-0.15, -0.1) is 11.8 Å². The Balaban J connectivity index is 2.23. The van der Waals surface area contributed by atoms with Crippen molar-refractivity contribution in [1.29, 1.82) is 0 Å². The summed E-state index contributed by atoms with van der Waals surface area (Å²) in [6, 6.07) is 11.4. The third-order valence-corrected chi connectivity index (χ3v) is 3.41. The number of halogens is 1. The van der Waals surface area contributed by atoms with Crippen molar-refractivity contribution < 1.29 is 9.18 Å². The zero-order valence-electron chi connectivity index (χ0n) is 10.3. The Kier molecular flexibility index (Phi) is 4.06. The van der Waals surface area contributed by atoms with Gasteiger partial charge < -0.3 is 11.1 Å². The third kappa shape index (κ3) is 3.06. The van der Waals surface area contributed by atoms with Crippen LogP contribution in [-0.4, -0.2) is 12.2 Å². The number of thioether (sulfide) groups is 1. The standard InChI is InChI=1S/C14H13FN2OS/c1-19-13-5-3-2-4-10(13)14(18)17-9-6-7-12(16)11(15)8-9/h2-8H,16H2,1H3,(H,17,18). The lowest BCUT2D eigenvalue weighted by Crippen LogP contribution is -2.13. The zero-order valence-corrected chi connectivity index (χ0v) is 11.1. The Bertz CT molecular complexity index is 616. The predicted octanol–water partition coefficient (Wildman–Crippen LogP) is 3.38. The van der Waals surface area contributed by atoms with E-state index in [1.807, 2.05) is 18.4 Å². The predicted molar refractivity (Wildman–Crippen MR) is 77.0 cm³/mol. The van der Waals surface area contributed by atoms with Gasteiger partial charge >= 0.3 is 0 Å². The van der Waals surface area contributed by atoms with Gasteiger partial charge in [-0.3, -0.25) is 4.79 Å². The molecule has 0 bridgehead atoms. The van der Waals surface area contributed by atoms with Gasteiger partial charge in [0.05, 0.1) is 11.3 Å². The van der Waals surface area contributed by atoms with Crippen LogP contribution in [0.5, 0.6) is 0 Å². The van der Waals surface area contributed by atoms with Gasteiger partial charge in [0.15, 0.2) is 0 Å². The molecule has 2 rings (SSSR count). The molecule has 5 heteroatoms. The van der Waals surface area contributed by atoms with Crippen LogP contribution in [-0.2, 0) is 0 Å². The van der Waals surface area contributed by atoms with E-state index >= 15 is 0 Å². The summed E-state index contributed by atoms with van der Waals surface area (Å²) in [5.74, 6) is -0.815. The first-order valence-electron chi connectivity index (χ1n) is 5.61. The average Bonchev–Trinajstić information content (AvgIpc) is 2.43. The van der Waals surface area contributed by atoms with Gasteiger partial charge in [0.2, 0.25) is 0 Å². The highest BCUT2D eigenvalue weighted by Crippen LogP contribution is 2.22. The second-order valence-corrected chi connectivity index (χ2v) is 4.74. The Labute approximate surface area is 115 Å². The molecule has 3 N–H and O–H groups in total. The van der Waals surface area contributed by atoms with Crippen molar-refractivity contribution in [2.45, 2.75) is 4.90 Å². The molecule has 98 valence electrons. The molecule has 0 heterocycles. The molecule has 1 amide bonds. The van der Waals surface area contributed by atoms with Crippen LogP contribution in [0.3, 0.4) is 0 Å². The SMILES string of the molecule is CSc1ccccc1C(=O)Nc1ccc(N)c(F)c1. The molecule has 2 aromatic carbocycles. The number of nitrogens with one attached hydrogen (secondary N) is 1. The maximum absolute atomic E-state index is 13.3. The fourth-order valence-electron chi connectivity index (χ4n) is 1.64. The van der Waals surface area contributed by atoms with E-state index in [0.29, 0.717) is 11.3 Å². The van der Waals surface area contributed by atoms with E-state index in [-0.39, 0.29) is 11.6 Å². The highest BCUT2D eigenvalue weighted by molar-refractivity contribution is 7.98. The molecule has 0 aromatic heterocycles. The number of anilines is 2. The van der Waals surface area contributed by atoms with Gasteiger partial charge in [0.25, 0.3) is 5.91 Å². The van der Waals surface area contributed by atoms with Crippen LogP contribution in [0.1, 0.15) is 10.4 Å². The topological polar surface area (TPSA) is 55.1 Å². The monoisotopic (exact) mass is 276 g/mol. The Hall–Kier alpha value is -2.01. The molecule has 0 aliphatic rings. The van der Waals surface area contributed by atoms with Crippen molar-refractivity contribution in [1.82, 2.24) is 0 Å². The summed E-state index contributed by atoms with van der Waals surface area (Å²) in [7, 11) is 0. The summed E-state index contributed by atoms with van der Waals surface area (Å²) in [5.41, 5.74) is 6.39. The van der Waals surface area contributed by atoms with Crippen LogP contribution >= 0.6 is 11.8 Å². The Morgan fingerprint density at radius 2 is 2.00 bits per heavy atom. The molecule has 19 heavy (non-hydrogen) atoms. The van der Waals surface area contributed by atoms with Crippen molar-refractivity contribution in [2.75, 3.05) is 17.3 Å². The summed E-state index contributed by atoms with van der Waals surface area (Å²) in [6.07, 6.45) is 1.90. The fourth-order valence-corrected chi connectivity index (χ4v) is 2.23. The molecule has 2 aromatic rings. The van der Waals surface area contributed by atoms with Crippen LogP contribution in [0, 0.1) is 5.82 Å². The van der Waals surface area contributed by atoms with E-state index in [9.17, 15) is 9.18 Å². The smallest absolute Gasteiger partial charge is 0.256 e. The van der Waals surface area contributed by atoms with E-state index < -0.39 is 5.82 Å². The third-order valence-electron chi connectivity index (χ3n) is 2.61. The molecule has 0 saturated heterocycles. The Morgan fingerprint density at radius 1 is 1.26 bits per heavy atom. The summed E-state index contributed by atoms with van der Waals surface area (Å²) in [4.78, 5) is 13.0. The molecule has 0 aliphatic carbocycles. The average molecular weight is 276 g/mol. The van der Waals surface area contributed by atoms with Gasteiger partial charge in [-0.25, -0.2) is 4.39 Å². The first kappa shape index (κ1) is 13.4. The largest absolute Gasteiger partial charge is 0.396 e. The van der Waals surface area contributed by atoms with Crippen molar-refractivity contribution in [2.24, 2.45) is 0 Å². The first-order valence-corrected chi connectivity index (χ1v) is 6.83. The Morgan fingerprint density at radius 3 is 2.68 bits per heavy atom. The number of hydrogen-bond acceptors (Lipinski definition) is 3. The maximum Gasteiger partial charge on any atom is 0.256 e. The van der Waals surface area contributed by atoms with Crippen LogP contribution in [0.4, 0.5) is 15.8 Å². The molecule has 0 saturated carbocycles. The van der Waals surface area contributed by atoms with Crippen molar-refractivity contribution >= 4 is 29.0 Å². The molecule has 3 nitrogen and oxygen atoms in total. The molecule has 0 spiro atoms. The summed E-state index contributed by atoms with van der Waals surface area (Å²) < 4.78 is 13.3. The normalized spacial score (nSPS) is 10.2. The molecule has 0 unspecified atom stereocenters. The van der Waals surface area contributed by atoms with Crippen molar-refractivity contribution in [3.63, 3.8) is 0 Å². The molecular formula is C14H13FN2OS. The van der Waals surface area contributed by atoms with Gasteiger partial charge in [0.1, 0.15) is 5.82 Å². The van der Waals surface area contributed by atoms with E-state index in [2.05, 4.69) is 5.32 Å². The number of rotatable bonds is 3. The maximum atomic E-state index is 13.3.